The van der Waals surface area contributed by atoms with Crippen molar-refractivity contribution in [3.8, 4) is 5.75 Å². The molecule has 0 aliphatic rings. The Morgan fingerprint density at radius 3 is 2.75 bits per heavy atom. The minimum absolute atomic E-state index is 0.423. The largest absolute Gasteiger partial charge is 0.496 e. The Labute approximate surface area is 115 Å². The number of anilines is 1. The summed E-state index contributed by atoms with van der Waals surface area (Å²) >= 11 is 0. The third-order valence-electron chi connectivity index (χ3n) is 2.82. The molecule has 0 amide bonds. The van der Waals surface area contributed by atoms with Crippen LogP contribution in [-0.2, 0) is 6.54 Å². The lowest BCUT2D eigenvalue weighted by molar-refractivity contribution is -0.387. The standard InChI is InChI=1S/C14H13FN2O3/c1-20-14-5-3-2-4-10(14)9-16-11-6-7-12(15)13(8-11)17(18)19/h2-8,16H,9H2,1H3. The Morgan fingerprint density at radius 2 is 2.05 bits per heavy atom. The number of methoxy groups -OCH3 is 1. The maximum Gasteiger partial charge on any atom is 0.306 e. The van der Waals surface area contributed by atoms with Crippen molar-refractivity contribution in [2.24, 2.45) is 0 Å². The van der Waals surface area contributed by atoms with Gasteiger partial charge in [0, 0.05) is 23.9 Å². The average molecular weight is 276 g/mol. The highest BCUT2D eigenvalue weighted by Gasteiger charge is 2.14. The van der Waals surface area contributed by atoms with E-state index in [1.807, 2.05) is 24.3 Å². The van der Waals surface area contributed by atoms with Crippen LogP contribution in [0, 0.1) is 15.9 Å². The van der Waals surface area contributed by atoms with Gasteiger partial charge in [0.1, 0.15) is 5.75 Å². The Kier molecular flexibility index (Phi) is 4.14. The molecule has 0 radical (unpaired) electrons. The van der Waals surface area contributed by atoms with Gasteiger partial charge in [-0.1, -0.05) is 18.2 Å². The number of benzene rings is 2. The Hall–Kier alpha value is -2.63. The topological polar surface area (TPSA) is 64.4 Å². The van der Waals surface area contributed by atoms with Crippen LogP contribution in [0.3, 0.4) is 0 Å². The van der Waals surface area contributed by atoms with E-state index in [0.717, 1.165) is 17.4 Å². The lowest BCUT2D eigenvalue weighted by atomic mass is 10.2. The first-order chi connectivity index (χ1) is 9.61. The Balaban J connectivity index is 2.15. The summed E-state index contributed by atoms with van der Waals surface area (Å²) in [6.45, 7) is 0.423. The van der Waals surface area contributed by atoms with Crippen LogP contribution in [0.25, 0.3) is 0 Å². The fourth-order valence-corrected chi connectivity index (χ4v) is 1.81. The lowest BCUT2D eigenvalue weighted by Gasteiger charge is -2.10. The van der Waals surface area contributed by atoms with Gasteiger partial charge in [0.2, 0.25) is 5.82 Å². The van der Waals surface area contributed by atoms with Gasteiger partial charge in [-0.05, 0) is 18.2 Å². The van der Waals surface area contributed by atoms with Crippen molar-refractivity contribution in [1.29, 1.82) is 0 Å². The highest BCUT2D eigenvalue weighted by atomic mass is 19.1. The van der Waals surface area contributed by atoms with E-state index in [4.69, 9.17) is 4.74 Å². The smallest absolute Gasteiger partial charge is 0.306 e. The second kappa shape index (κ2) is 6.01. The fraction of sp³-hybridized carbons (Fsp3) is 0.143. The first-order valence-corrected chi connectivity index (χ1v) is 5.91. The Bertz CT molecular complexity index is 632. The van der Waals surface area contributed by atoms with E-state index in [-0.39, 0.29) is 0 Å². The third-order valence-corrected chi connectivity index (χ3v) is 2.82. The van der Waals surface area contributed by atoms with Gasteiger partial charge in [-0.25, -0.2) is 0 Å². The predicted molar refractivity (Wildman–Crippen MR) is 73.4 cm³/mol. The second-order valence-electron chi connectivity index (χ2n) is 4.09. The number of halogens is 1. The molecule has 2 rings (SSSR count). The van der Waals surface area contributed by atoms with Crippen LogP contribution in [0.4, 0.5) is 15.8 Å². The molecule has 20 heavy (non-hydrogen) atoms. The summed E-state index contributed by atoms with van der Waals surface area (Å²) in [6, 6.07) is 11.1. The minimum atomic E-state index is -0.849. The van der Waals surface area contributed by atoms with Crippen LogP contribution in [0.15, 0.2) is 42.5 Å². The normalized spacial score (nSPS) is 10.1. The number of rotatable bonds is 5. The molecule has 104 valence electrons. The van der Waals surface area contributed by atoms with Crippen molar-refractivity contribution in [3.63, 3.8) is 0 Å². The van der Waals surface area contributed by atoms with E-state index in [9.17, 15) is 14.5 Å². The van der Waals surface area contributed by atoms with Crippen LogP contribution in [0.2, 0.25) is 0 Å². The molecule has 0 saturated carbocycles. The molecule has 0 spiro atoms. The number of ether oxygens (including phenoxy) is 1. The second-order valence-corrected chi connectivity index (χ2v) is 4.09. The van der Waals surface area contributed by atoms with Crippen molar-refractivity contribution < 1.29 is 14.1 Å². The summed E-state index contributed by atoms with van der Waals surface area (Å²) in [6.07, 6.45) is 0. The number of nitrogens with zero attached hydrogens (tertiary/aromatic N) is 1. The predicted octanol–water partition coefficient (Wildman–Crippen LogP) is 3.35. The summed E-state index contributed by atoms with van der Waals surface area (Å²) in [5.74, 6) is -0.130. The van der Waals surface area contributed by atoms with E-state index >= 15 is 0 Å². The molecule has 5 nitrogen and oxygen atoms in total. The van der Waals surface area contributed by atoms with E-state index in [1.54, 1.807) is 7.11 Å². The summed E-state index contributed by atoms with van der Waals surface area (Å²) in [4.78, 5) is 9.92. The quantitative estimate of drug-likeness (QED) is 0.671. The highest BCUT2D eigenvalue weighted by Crippen LogP contribution is 2.23. The van der Waals surface area contributed by atoms with Gasteiger partial charge in [0.05, 0.1) is 12.0 Å². The Morgan fingerprint density at radius 1 is 1.30 bits per heavy atom. The third kappa shape index (κ3) is 3.03. The number of nitrogens with one attached hydrogen (secondary N) is 1. The van der Waals surface area contributed by atoms with Crippen molar-refractivity contribution in [3.05, 3.63) is 64.0 Å². The monoisotopic (exact) mass is 276 g/mol. The van der Waals surface area contributed by atoms with Gasteiger partial charge >= 0.3 is 5.69 Å². The van der Waals surface area contributed by atoms with Gasteiger partial charge in [-0.2, -0.15) is 4.39 Å². The molecule has 0 saturated heterocycles. The van der Waals surface area contributed by atoms with Crippen molar-refractivity contribution in [2.75, 3.05) is 12.4 Å². The molecule has 0 heterocycles. The number of para-hydroxylation sites is 1. The molecule has 0 aliphatic heterocycles. The van der Waals surface area contributed by atoms with Crippen molar-refractivity contribution in [1.82, 2.24) is 0 Å². The van der Waals surface area contributed by atoms with E-state index in [2.05, 4.69) is 5.32 Å². The van der Waals surface area contributed by atoms with Crippen LogP contribution < -0.4 is 10.1 Å². The molecule has 0 fully saturated rings. The first kappa shape index (κ1) is 13.8. The van der Waals surface area contributed by atoms with Gasteiger partial charge in [-0.3, -0.25) is 10.1 Å². The van der Waals surface area contributed by atoms with Gasteiger partial charge in [0.25, 0.3) is 0 Å². The van der Waals surface area contributed by atoms with Crippen LogP contribution in [0.5, 0.6) is 5.75 Å². The van der Waals surface area contributed by atoms with Crippen LogP contribution >= 0.6 is 0 Å². The first-order valence-electron chi connectivity index (χ1n) is 5.91. The summed E-state index contributed by atoms with van der Waals surface area (Å²) in [5, 5.41) is 13.7. The lowest BCUT2D eigenvalue weighted by Crippen LogP contribution is -2.02. The summed E-state index contributed by atoms with van der Waals surface area (Å²) in [5.41, 5.74) is 0.834. The summed E-state index contributed by atoms with van der Waals surface area (Å²) < 4.78 is 18.4. The van der Waals surface area contributed by atoms with Crippen molar-refractivity contribution in [2.45, 2.75) is 6.54 Å². The van der Waals surface area contributed by atoms with E-state index in [0.29, 0.717) is 12.2 Å². The van der Waals surface area contributed by atoms with Crippen LogP contribution in [-0.4, -0.2) is 12.0 Å². The molecule has 0 atom stereocenters. The molecule has 0 aliphatic carbocycles. The number of nitro groups is 1. The zero-order valence-corrected chi connectivity index (χ0v) is 10.8. The molecule has 1 N–H and O–H groups in total. The summed E-state index contributed by atoms with van der Waals surface area (Å²) in [7, 11) is 1.57. The number of hydrogen-bond acceptors (Lipinski definition) is 4. The number of hydrogen-bond donors (Lipinski definition) is 1. The maximum absolute atomic E-state index is 13.2. The van der Waals surface area contributed by atoms with Crippen LogP contribution in [0.1, 0.15) is 5.56 Å². The van der Waals surface area contributed by atoms with Crippen molar-refractivity contribution >= 4 is 11.4 Å². The zero-order chi connectivity index (χ0) is 14.5. The molecule has 2 aromatic rings. The van der Waals surface area contributed by atoms with Gasteiger partial charge in [-0.15, -0.1) is 0 Å². The maximum atomic E-state index is 13.2. The van der Waals surface area contributed by atoms with Gasteiger partial charge in [0.15, 0.2) is 0 Å². The van der Waals surface area contributed by atoms with E-state index in [1.165, 1.54) is 12.1 Å². The average Bonchev–Trinajstić information content (AvgIpc) is 2.46. The number of nitro benzene ring substituents is 1. The molecule has 0 unspecified atom stereocenters. The minimum Gasteiger partial charge on any atom is -0.496 e. The molecular weight excluding hydrogens is 263 g/mol. The molecule has 6 heteroatoms. The highest BCUT2D eigenvalue weighted by molar-refractivity contribution is 5.52. The molecular formula is C14H13FN2O3. The molecule has 2 aromatic carbocycles. The van der Waals surface area contributed by atoms with E-state index < -0.39 is 16.4 Å². The molecule has 0 bridgehead atoms. The SMILES string of the molecule is COc1ccccc1CNc1ccc(F)c([N+](=O)[O-])c1. The fourth-order valence-electron chi connectivity index (χ4n) is 1.81. The molecule has 0 aromatic heterocycles. The van der Waals surface area contributed by atoms with Gasteiger partial charge < -0.3 is 10.1 Å². The zero-order valence-electron chi connectivity index (χ0n) is 10.8.